The first-order valence-corrected chi connectivity index (χ1v) is 5.06. The van der Waals surface area contributed by atoms with Gasteiger partial charge in [0, 0.05) is 6.07 Å². The third-order valence-corrected chi connectivity index (χ3v) is 2.30. The Bertz CT molecular complexity index is 481. The van der Waals surface area contributed by atoms with E-state index < -0.39 is 16.4 Å². The molecule has 0 N–H and O–H groups in total. The molecular weight excluding hydrogens is 225 g/mol. The normalized spacial score (nSPS) is 11.6. The molecule has 1 aromatic rings. The van der Waals surface area contributed by atoms with Crippen molar-refractivity contribution in [2.45, 2.75) is 13.8 Å². The van der Waals surface area contributed by atoms with Gasteiger partial charge in [-0.05, 0) is 29.2 Å². The summed E-state index contributed by atoms with van der Waals surface area (Å²) < 4.78 is 13.1. The zero-order chi connectivity index (χ0) is 13.0. The van der Waals surface area contributed by atoms with Gasteiger partial charge in [-0.1, -0.05) is 19.9 Å². The van der Waals surface area contributed by atoms with Crippen LogP contribution in [-0.2, 0) is 4.79 Å². The molecule has 0 radical (unpaired) electrons. The van der Waals surface area contributed by atoms with Crippen LogP contribution in [-0.4, -0.2) is 11.2 Å². The smallest absolute Gasteiger partial charge is 0.298 e. The van der Waals surface area contributed by atoms with Crippen LogP contribution in [0.4, 0.5) is 10.1 Å². The molecule has 0 aliphatic carbocycles. The van der Waals surface area contributed by atoms with Gasteiger partial charge in [0.1, 0.15) is 6.29 Å². The van der Waals surface area contributed by atoms with Crippen molar-refractivity contribution in [1.82, 2.24) is 0 Å². The number of rotatable bonds is 4. The molecule has 0 aliphatic rings. The fourth-order valence-electron chi connectivity index (χ4n) is 1.29. The molecule has 0 aromatic heterocycles. The van der Waals surface area contributed by atoms with Crippen molar-refractivity contribution in [1.29, 1.82) is 0 Å². The molecule has 0 unspecified atom stereocenters. The van der Waals surface area contributed by atoms with Crippen LogP contribution in [0.5, 0.6) is 0 Å². The van der Waals surface area contributed by atoms with E-state index in [0.717, 1.165) is 12.1 Å². The number of aldehydes is 1. The molecule has 17 heavy (non-hydrogen) atoms. The van der Waals surface area contributed by atoms with E-state index in [1.807, 2.05) is 13.8 Å². The topological polar surface area (TPSA) is 60.2 Å². The molecule has 0 amide bonds. The average molecular weight is 237 g/mol. The first-order valence-electron chi connectivity index (χ1n) is 5.06. The van der Waals surface area contributed by atoms with E-state index in [4.69, 9.17) is 0 Å². The molecule has 0 saturated heterocycles. The predicted octanol–water partition coefficient (Wildman–Crippen LogP) is 2.97. The summed E-state index contributed by atoms with van der Waals surface area (Å²) in [5.41, 5.74) is 0.354. The van der Waals surface area contributed by atoms with Crippen molar-refractivity contribution in [2.75, 3.05) is 0 Å². The zero-order valence-corrected chi connectivity index (χ0v) is 9.51. The molecule has 5 heteroatoms. The minimum atomic E-state index is -0.885. The third kappa shape index (κ3) is 3.21. The van der Waals surface area contributed by atoms with Crippen molar-refractivity contribution in [3.63, 3.8) is 0 Å². The lowest BCUT2D eigenvalue weighted by atomic mass is 10.0. The van der Waals surface area contributed by atoms with Crippen LogP contribution in [0.1, 0.15) is 19.4 Å². The van der Waals surface area contributed by atoms with Gasteiger partial charge in [0.2, 0.25) is 5.82 Å². The van der Waals surface area contributed by atoms with Crippen LogP contribution < -0.4 is 0 Å². The highest BCUT2D eigenvalue weighted by atomic mass is 19.1. The van der Waals surface area contributed by atoms with Crippen LogP contribution in [0.2, 0.25) is 0 Å². The Hall–Kier alpha value is -2.04. The number of halogens is 1. The largest absolute Gasteiger partial charge is 0.305 e. The van der Waals surface area contributed by atoms with Gasteiger partial charge >= 0.3 is 5.69 Å². The van der Waals surface area contributed by atoms with Gasteiger partial charge in [0.05, 0.1) is 4.92 Å². The third-order valence-electron chi connectivity index (χ3n) is 2.30. The van der Waals surface area contributed by atoms with Gasteiger partial charge in [-0.2, -0.15) is 4.39 Å². The predicted molar refractivity (Wildman–Crippen MR) is 61.9 cm³/mol. The summed E-state index contributed by atoms with van der Waals surface area (Å²) in [5.74, 6) is -0.874. The summed E-state index contributed by atoms with van der Waals surface area (Å²) in [6, 6.07) is 3.53. The van der Waals surface area contributed by atoms with Crippen LogP contribution in [0.3, 0.4) is 0 Å². The maximum Gasteiger partial charge on any atom is 0.305 e. The van der Waals surface area contributed by atoms with Crippen molar-refractivity contribution < 1.29 is 14.1 Å². The summed E-state index contributed by atoms with van der Waals surface area (Å²) in [5, 5.41) is 10.5. The Kier molecular flexibility index (Phi) is 4.09. The van der Waals surface area contributed by atoms with E-state index in [9.17, 15) is 19.3 Å². The maximum absolute atomic E-state index is 13.1. The van der Waals surface area contributed by atoms with Gasteiger partial charge < -0.3 is 0 Å². The van der Waals surface area contributed by atoms with Crippen LogP contribution in [0.15, 0.2) is 23.8 Å². The number of nitrogens with zero attached hydrogens (tertiary/aromatic N) is 1. The standard InChI is InChI=1S/C12H12FNO3/c1-8(2)10(7-15)5-9-3-4-11(13)12(6-9)14(16)17/h3-8H,1-2H3/b10-5+. The van der Waals surface area contributed by atoms with Crippen molar-refractivity contribution in [3.8, 4) is 0 Å². The molecule has 0 spiro atoms. The molecule has 0 saturated carbocycles. The number of hydrogen-bond acceptors (Lipinski definition) is 3. The number of hydrogen-bond donors (Lipinski definition) is 0. The Morgan fingerprint density at radius 2 is 2.12 bits per heavy atom. The van der Waals surface area contributed by atoms with Gasteiger partial charge in [-0.3, -0.25) is 14.9 Å². The average Bonchev–Trinajstić information content (AvgIpc) is 2.27. The monoisotopic (exact) mass is 237 g/mol. The fraction of sp³-hybridized carbons (Fsp3) is 0.250. The molecule has 1 rings (SSSR count). The van der Waals surface area contributed by atoms with Gasteiger partial charge in [0.15, 0.2) is 0 Å². The molecule has 0 atom stereocenters. The van der Waals surface area contributed by atoms with Crippen molar-refractivity contribution in [2.24, 2.45) is 5.92 Å². The summed E-state index contributed by atoms with van der Waals surface area (Å²) in [7, 11) is 0. The number of benzene rings is 1. The van der Waals surface area contributed by atoms with E-state index in [1.54, 1.807) is 0 Å². The summed E-state index contributed by atoms with van der Waals surface area (Å²) in [6.45, 7) is 3.66. The first-order chi connectivity index (χ1) is 7.95. The fourth-order valence-corrected chi connectivity index (χ4v) is 1.29. The number of carbonyl (C=O) groups excluding carboxylic acids is 1. The SMILES string of the molecule is CC(C)/C(C=O)=C/c1ccc(F)c([N+](=O)[O-])c1. The van der Waals surface area contributed by atoms with Crippen molar-refractivity contribution in [3.05, 3.63) is 45.3 Å². The second kappa shape index (κ2) is 5.34. The van der Waals surface area contributed by atoms with E-state index in [0.29, 0.717) is 17.4 Å². The Morgan fingerprint density at radius 3 is 2.59 bits per heavy atom. The molecule has 0 heterocycles. The minimum absolute atomic E-state index is 0.0107. The Morgan fingerprint density at radius 1 is 1.47 bits per heavy atom. The lowest BCUT2D eigenvalue weighted by Crippen LogP contribution is -1.96. The minimum Gasteiger partial charge on any atom is -0.298 e. The maximum atomic E-state index is 13.1. The molecule has 0 aliphatic heterocycles. The van der Waals surface area contributed by atoms with Crippen LogP contribution in [0, 0.1) is 21.8 Å². The molecule has 0 fully saturated rings. The van der Waals surface area contributed by atoms with E-state index in [2.05, 4.69) is 0 Å². The van der Waals surface area contributed by atoms with E-state index in [-0.39, 0.29) is 5.92 Å². The van der Waals surface area contributed by atoms with E-state index in [1.165, 1.54) is 12.1 Å². The summed E-state index contributed by atoms with van der Waals surface area (Å²) in [6.07, 6.45) is 2.21. The lowest BCUT2D eigenvalue weighted by molar-refractivity contribution is -0.387. The van der Waals surface area contributed by atoms with Gasteiger partial charge in [-0.15, -0.1) is 0 Å². The number of carbonyl (C=O) groups is 1. The van der Waals surface area contributed by atoms with Gasteiger partial charge in [-0.25, -0.2) is 0 Å². The van der Waals surface area contributed by atoms with Crippen LogP contribution in [0.25, 0.3) is 6.08 Å². The second-order valence-corrected chi connectivity index (χ2v) is 3.88. The molecule has 1 aromatic carbocycles. The molecule has 90 valence electrons. The number of nitro groups is 1. The summed E-state index contributed by atoms with van der Waals surface area (Å²) >= 11 is 0. The Balaban J connectivity index is 3.20. The van der Waals surface area contributed by atoms with Crippen molar-refractivity contribution >= 4 is 18.0 Å². The second-order valence-electron chi connectivity index (χ2n) is 3.88. The highest BCUT2D eigenvalue weighted by molar-refractivity contribution is 5.82. The summed E-state index contributed by atoms with van der Waals surface area (Å²) in [4.78, 5) is 20.5. The zero-order valence-electron chi connectivity index (χ0n) is 9.51. The highest BCUT2D eigenvalue weighted by Gasteiger charge is 2.14. The van der Waals surface area contributed by atoms with Gasteiger partial charge in [0.25, 0.3) is 0 Å². The molecule has 0 bridgehead atoms. The lowest BCUT2D eigenvalue weighted by Gasteiger charge is -2.03. The van der Waals surface area contributed by atoms with Crippen LogP contribution >= 0.6 is 0 Å². The first kappa shape index (κ1) is 13.0. The Labute approximate surface area is 97.9 Å². The highest BCUT2D eigenvalue weighted by Crippen LogP contribution is 2.21. The number of allylic oxidation sites excluding steroid dienone is 1. The number of nitro benzene ring substituents is 1. The van der Waals surface area contributed by atoms with E-state index >= 15 is 0 Å². The quantitative estimate of drug-likeness (QED) is 0.350. The molecular formula is C12H12FNO3. The molecule has 4 nitrogen and oxygen atoms in total.